The Balaban J connectivity index is 1.79. The number of carbonyl (C=O) groups is 1. The monoisotopic (exact) mass is 301 g/mol. The van der Waals surface area contributed by atoms with Gasteiger partial charge >= 0.3 is 0 Å². The molecule has 0 N–H and O–H groups in total. The second-order valence-corrected chi connectivity index (χ2v) is 7.84. The first-order valence-electron chi connectivity index (χ1n) is 7.55. The topological polar surface area (TPSA) is 38.8 Å². The zero-order valence-corrected chi connectivity index (χ0v) is 13.7. The van der Waals surface area contributed by atoms with Gasteiger partial charge in [0, 0.05) is 30.7 Å². The molecule has 2 saturated heterocycles. The zero-order valence-electron chi connectivity index (χ0n) is 12.9. The maximum Gasteiger partial charge on any atom is 0.248 e. The van der Waals surface area contributed by atoms with E-state index in [0.29, 0.717) is 12.6 Å². The van der Waals surface area contributed by atoms with E-state index in [9.17, 15) is 4.79 Å². The van der Waals surface area contributed by atoms with Crippen LogP contribution in [0.15, 0.2) is 0 Å². The van der Waals surface area contributed by atoms with Gasteiger partial charge in [-0.25, -0.2) is 0 Å². The van der Waals surface area contributed by atoms with E-state index in [1.165, 1.54) is 0 Å². The highest BCUT2D eigenvalue weighted by Crippen LogP contribution is 2.30. The van der Waals surface area contributed by atoms with Gasteiger partial charge in [-0.3, -0.25) is 4.79 Å². The SMILES string of the molecule is CC(C)(C)C1CSCCN1C(=O)COCC1CCCO1. The lowest BCUT2D eigenvalue weighted by molar-refractivity contribution is -0.141. The first-order valence-corrected chi connectivity index (χ1v) is 8.70. The second-order valence-electron chi connectivity index (χ2n) is 6.69. The van der Waals surface area contributed by atoms with Crippen molar-refractivity contribution in [1.29, 1.82) is 0 Å². The molecule has 116 valence electrons. The number of hydrogen-bond donors (Lipinski definition) is 0. The maximum absolute atomic E-state index is 12.4. The third kappa shape index (κ3) is 4.37. The van der Waals surface area contributed by atoms with Crippen LogP contribution in [0.1, 0.15) is 33.6 Å². The Bertz CT molecular complexity index is 324. The van der Waals surface area contributed by atoms with E-state index in [0.717, 1.165) is 37.5 Å². The van der Waals surface area contributed by atoms with Crippen LogP contribution in [0.4, 0.5) is 0 Å². The van der Waals surface area contributed by atoms with Gasteiger partial charge in [0.1, 0.15) is 6.61 Å². The highest BCUT2D eigenvalue weighted by Gasteiger charge is 2.35. The fourth-order valence-corrected chi connectivity index (χ4v) is 4.15. The minimum atomic E-state index is 0.123. The summed E-state index contributed by atoms with van der Waals surface area (Å²) in [6.07, 6.45) is 2.36. The van der Waals surface area contributed by atoms with Crippen LogP contribution in [0.5, 0.6) is 0 Å². The molecule has 2 heterocycles. The summed E-state index contributed by atoms with van der Waals surface area (Å²) in [7, 11) is 0. The molecule has 4 nitrogen and oxygen atoms in total. The number of hydrogen-bond acceptors (Lipinski definition) is 4. The fraction of sp³-hybridized carbons (Fsp3) is 0.933. The number of amides is 1. The van der Waals surface area contributed by atoms with Crippen molar-refractivity contribution < 1.29 is 14.3 Å². The van der Waals surface area contributed by atoms with Gasteiger partial charge < -0.3 is 14.4 Å². The molecule has 0 aliphatic carbocycles. The van der Waals surface area contributed by atoms with Crippen molar-refractivity contribution >= 4 is 17.7 Å². The van der Waals surface area contributed by atoms with E-state index in [1.54, 1.807) is 0 Å². The lowest BCUT2D eigenvalue weighted by Gasteiger charge is -2.43. The van der Waals surface area contributed by atoms with Crippen molar-refractivity contribution in [2.75, 3.05) is 37.9 Å². The minimum absolute atomic E-state index is 0.123. The van der Waals surface area contributed by atoms with Gasteiger partial charge in [0.05, 0.1) is 12.7 Å². The van der Waals surface area contributed by atoms with Crippen molar-refractivity contribution in [3.63, 3.8) is 0 Å². The van der Waals surface area contributed by atoms with Gasteiger partial charge in [-0.1, -0.05) is 20.8 Å². The summed E-state index contributed by atoms with van der Waals surface area (Å²) in [4.78, 5) is 14.4. The molecular weight excluding hydrogens is 274 g/mol. The van der Waals surface area contributed by atoms with Crippen LogP contribution in [-0.4, -0.2) is 60.8 Å². The molecule has 0 spiro atoms. The Morgan fingerprint density at radius 2 is 2.25 bits per heavy atom. The number of rotatable bonds is 4. The standard InChI is InChI=1S/C15H27NO3S/c1-15(2,3)13-11-20-8-6-16(13)14(17)10-18-9-12-5-4-7-19-12/h12-13H,4-11H2,1-3H3. The molecule has 2 unspecified atom stereocenters. The number of ether oxygens (including phenoxy) is 2. The lowest BCUT2D eigenvalue weighted by Crippen LogP contribution is -2.53. The summed E-state index contributed by atoms with van der Waals surface area (Å²) >= 11 is 1.94. The molecule has 5 heteroatoms. The van der Waals surface area contributed by atoms with Gasteiger partial charge in [0.15, 0.2) is 0 Å². The summed E-state index contributed by atoms with van der Waals surface area (Å²) in [6, 6.07) is 0.306. The first kappa shape index (κ1) is 16.1. The Hall–Kier alpha value is -0.260. The number of thioether (sulfide) groups is 1. The molecule has 0 aromatic heterocycles. The van der Waals surface area contributed by atoms with Crippen molar-refractivity contribution in [1.82, 2.24) is 4.90 Å². The maximum atomic E-state index is 12.4. The largest absolute Gasteiger partial charge is 0.376 e. The van der Waals surface area contributed by atoms with Crippen molar-refractivity contribution in [3.8, 4) is 0 Å². The smallest absolute Gasteiger partial charge is 0.248 e. The average molecular weight is 301 g/mol. The third-order valence-corrected chi connectivity index (χ3v) is 5.02. The molecule has 0 aromatic rings. The summed E-state index contributed by atoms with van der Waals surface area (Å²) in [5, 5.41) is 0. The van der Waals surface area contributed by atoms with Gasteiger partial charge in [-0.05, 0) is 18.3 Å². The molecule has 2 rings (SSSR count). The lowest BCUT2D eigenvalue weighted by atomic mass is 9.86. The van der Waals surface area contributed by atoms with E-state index in [2.05, 4.69) is 20.8 Å². The van der Waals surface area contributed by atoms with E-state index in [1.807, 2.05) is 16.7 Å². The quantitative estimate of drug-likeness (QED) is 0.798. The van der Waals surface area contributed by atoms with E-state index < -0.39 is 0 Å². The molecule has 0 bridgehead atoms. The highest BCUT2D eigenvalue weighted by atomic mass is 32.2. The van der Waals surface area contributed by atoms with Gasteiger partial charge in [0.2, 0.25) is 5.91 Å². The van der Waals surface area contributed by atoms with Gasteiger partial charge in [0.25, 0.3) is 0 Å². The normalized spacial score (nSPS) is 27.9. The van der Waals surface area contributed by atoms with Crippen molar-refractivity contribution in [2.24, 2.45) is 5.41 Å². The van der Waals surface area contributed by atoms with Crippen LogP contribution in [0.25, 0.3) is 0 Å². The second kappa shape index (κ2) is 7.14. The van der Waals surface area contributed by atoms with Gasteiger partial charge in [-0.2, -0.15) is 11.8 Å². The Morgan fingerprint density at radius 3 is 2.90 bits per heavy atom. The summed E-state index contributed by atoms with van der Waals surface area (Å²) in [6.45, 7) is 9.03. The molecule has 0 saturated carbocycles. The Labute approximate surface area is 126 Å². The third-order valence-electron chi connectivity index (χ3n) is 4.00. The average Bonchev–Trinajstić information content (AvgIpc) is 2.91. The van der Waals surface area contributed by atoms with Crippen LogP contribution in [-0.2, 0) is 14.3 Å². The van der Waals surface area contributed by atoms with Crippen molar-refractivity contribution in [3.05, 3.63) is 0 Å². The molecule has 0 radical (unpaired) electrons. The zero-order chi connectivity index (χ0) is 14.6. The summed E-state index contributed by atoms with van der Waals surface area (Å²) in [5.41, 5.74) is 0.123. The van der Waals surface area contributed by atoms with E-state index in [-0.39, 0.29) is 24.0 Å². The molecule has 2 aliphatic rings. The fourth-order valence-electron chi connectivity index (χ4n) is 2.76. The molecule has 2 aliphatic heterocycles. The molecule has 1 amide bonds. The van der Waals surface area contributed by atoms with Crippen LogP contribution >= 0.6 is 11.8 Å². The van der Waals surface area contributed by atoms with Crippen LogP contribution in [0.3, 0.4) is 0 Å². The van der Waals surface area contributed by atoms with Crippen LogP contribution < -0.4 is 0 Å². The molecule has 2 atom stereocenters. The summed E-state index contributed by atoms with van der Waals surface area (Å²) in [5.74, 6) is 2.19. The molecule has 20 heavy (non-hydrogen) atoms. The van der Waals surface area contributed by atoms with E-state index >= 15 is 0 Å². The molecule has 0 aromatic carbocycles. The van der Waals surface area contributed by atoms with Gasteiger partial charge in [-0.15, -0.1) is 0 Å². The number of nitrogens with zero attached hydrogens (tertiary/aromatic N) is 1. The predicted octanol–water partition coefficient (Wildman–Crippen LogP) is 2.17. The summed E-state index contributed by atoms with van der Waals surface area (Å²) < 4.78 is 11.1. The molecular formula is C15H27NO3S. The first-order chi connectivity index (χ1) is 9.48. The predicted molar refractivity (Wildman–Crippen MR) is 82.1 cm³/mol. The van der Waals surface area contributed by atoms with Crippen molar-refractivity contribution in [2.45, 2.75) is 45.8 Å². The highest BCUT2D eigenvalue weighted by molar-refractivity contribution is 7.99. The minimum Gasteiger partial charge on any atom is -0.376 e. The van der Waals surface area contributed by atoms with E-state index in [4.69, 9.17) is 9.47 Å². The number of carbonyl (C=O) groups excluding carboxylic acids is 1. The van der Waals surface area contributed by atoms with Crippen LogP contribution in [0, 0.1) is 5.41 Å². The molecule has 2 fully saturated rings. The Kier molecular flexibility index (Phi) is 5.75. The Morgan fingerprint density at radius 1 is 1.45 bits per heavy atom. The van der Waals surface area contributed by atoms with Crippen LogP contribution in [0.2, 0.25) is 0 Å².